The van der Waals surface area contributed by atoms with Crippen LogP contribution in [0, 0.1) is 11.8 Å². The quantitative estimate of drug-likeness (QED) is 0.701. The SMILES string of the molecule is CC1NCCC1C(=O)NCCC1CC1. The molecule has 2 aliphatic rings. The molecule has 80 valence electrons. The maximum atomic E-state index is 11.7. The molecule has 0 bridgehead atoms. The summed E-state index contributed by atoms with van der Waals surface area (Å²) in [6.07, 6.45) is 4.92. The first kappa shape index (κ1) is 9.97. The van der Waals surface area contributed by atoms with E-state index in [-0.39, 0.29) is 11.8 Å². The fraction of sp³-hybridized carbons (Fsp3) is 0.909. The van der Waals surface area contributed by atoms with Crippen molar-refractivity contribution in [3.8, 4) is 0 Å². The molecule has 2 fully saturated rings. The molecule has 2 rings (SSSR count). The van der Waals surface area contributed by atoms with Crippen LogP contribution in [0.2, 0.25) is 0 Å². The van der Waals surface area contributed by atoms with Crippen LogP contribution in [0.4, 0.5) is 0 Å². The molecule has 3 nitrogen and oxygen atoms in total. The molecule has 0 spiro atoms. The van der Waals surface area contributed by atoms with Gasteiger partial charge in [0.15, 0.2) is 0 Å². The maximum Gasteiger partial charge on any atom is 0.224 e. The summed E-state index contributed by atoms with van der Waals surface area (Å²) < 4.78 is 0. The van der Waals surface area contributed by atoms with Crippen molar-refractivity contribution in [3.63, 3.8) is 0 Å². The zero-order valence-electron chi connectivity index (χ0n) is 8.88. The Morgan fingerprint density at radius 2 is 2.21 bits per heavy atom. The van der Waals surface area contributed by atoms with Crippen LogP contribution >= 0.6 is 0 Å². The fourth-order valence-corrected chi connectivity index (χ4v) is 2.15. The monoisotopic (exact) mass is 196 g/mol. The molecule has 3 heteroatoms. The van der Waals surface area contributed by atoms with Gasteiger partial charge in [-0.25, -0.2) is 0 Å². The van der Waals surface area contributed by atoms with Crippen LogP contribution in [0.5, 0.6) is 0 Å². The Morgan fingerprint density at radius 1 is 1.43 bits per heavy atom. The number of rotatable bonds is 4. The predicted molar refractivity (Wildman–Crippen MR) is 55.9 cm³/mol. The molecule has 2 unspecified atom stereocenters. The molecule has 1 heterocycles. The Kier molecular flexibility index (Phi) is 3.06. The minimum atomic E-state index is 0.203. The topological polar surface area (TPSA) is 41.1 Å². The highest BCUT2D eigenvalue weighted by atomic mass is 16.1. The van der Waals surface area contributed by atoms with Gasteiger partial charge in [-0.3, -0.25) is 4.79 Å². The summed E-state index contributed by atoms with van der Waals surface area (Å²) in [5, 5.41) is 6.35. The Labute approximate surface area is 85.6 Å². The Balaban J connectivity index is 1.65. The van der Waals surface area contributed by atoms with E-state index in [1.165, 1.54) is 19.3 Å². The van der Waals surface area contributed by atoms with E-state index in [0.29, 0.717) is 6.04 Å². The van der Waals surface area contributed by atoms with E-state index in [2.05, 4.69) is 17.6 Å². The van der Waals surface area contributed by atoms with Gasteiger partial charge in [0.2, 0.25) is 5.91 Å². The maximum absolute atomic E-state index is 11.7. The van der Waals surface area contributed by atoms with Gasteiger partial charge in [-0.2, -0.15) is 0 Å². The first-order valence-electron chi connectivity index (χ1n) is 5.78. The second-order valence-electron chi connectivity index (χ2n) is 4.66. The van der Waals surface area contributed by atoms with Crippen LogP contribution < -0.4 is 10.6 Å². The molecule has 1 aliphatic carbocycles. The molecule has 1 aliphatic heterocycles. The minimum absolute atomic E-state index is 0.203. The standard InChI is InChI=1S/C11H20N2O/c1-8-10(5-7-12-8)11(14)13-6-4-9-2-3-9/h8-10,12H,2-7H2,1H3,(H,13,14). The molecule has 0 aromatic heterocycles. The van der Waals surface area contributed by atoms with Crippen LogP contribution in [-0.4, -0.2) is 25.0 Å². The third-order valence-corrected chi connectivity index (χ3v) is 3.41. The van der Waals surface area contributed by atoms with Gasteiger partial charge in [-0.1, -0.05) is 12.8 Å². The van der Waals surface area contributed by atoms with Gasteiger partial charge < -0.3 is 10.6 Å². The molecule has 2 N–H and O–H groups in total. The van der Waals surface area contributed by atoms with E-state index in [1.54, 1.807) is 0 Å². The number of carbonyl (C=O) groups excluding carboxylic acids is 1. The lowest BCUT2D eigenvalue weighted by Gasteiger charge is -2.14. The van der Waals surface area contributed by atoms with E-state index in [1.807, 2.05) is 0 Å². The largest absolute Gasteiger partial charge is 0.356 e. The van der Waals surface area contributed by atoms with Crippen LogP contribution in [0.3, 0.4) is 0 Å². The van der Waals surface area contributed by atoms with Gasteiger partial charge in [0.1, 0.15) is 0 Å². The second kappa shape index (κ2) is 4.30. The van der Waals surface area contributed by atoms with E-state index < -0.39 is 0 Å². The molecule has 1 saturated carbocycles. The highest BCUT2D eigenvalue weighted by Gasteiger charge is 2.29. The molecule has 0 radical (unpaired) electrons. The number of amides is 1. The summed E-state index contributed by atoms with van der Waals surface area (Å²) in [4.78, 5) is 11.7. The summed E-state index contributed by atoms with van der Waals surface area (Å²) in [7, 11) is 0. The van der Waals surface area contributed by atoms with Crippen molar-refractivity contribution in [1.29, 1.82) is 0 Å². The smallest absolute Gasteiger partial charge is 0.224 e. The Hall–Kier alpha value is -0.570. The van der Waals surface area contributed by atoms with Crippen molar-refractivity contribution in [2.24, 2.45) is 11.8 Å². The lowest BCUT2D eigenvalue weighted by Crippen LogP contribution is -2.37. The average molecular weight is 196 g/mol. The van der Waals surface area contributed by atoms with E-state index in [0.717, 1.165) is 25.4 Å². The highest BCUT2D eigenvalue weighted by Crippen LogP contribution is 2.31. The second-order valence-corrected chi connectivity index (χ2v) is 4.66. The molecule has 1 amide bonds. The number of carbonyl (C=O) groups is 1. The molecule has 1 saturated heterocycles. The van der Waals surface area contributed by atoms with Gasteiger partial charge in [-0.05, 0) is 32.2 Å². The third kappa shape index (κ3) is 2.47. The lowest BCUT2D eigenvalue weighted by atomic mass is 10.0. The Morgan fingerprint density at radius 3 is 2.79 bits per heavy atom. The zero-order chi connectivity index (χ0) is 9.97. The summed E-state index contributed by atoms with van der Waals surface area (Å²) in [5.74, 6) is 1.37. The van der Waals surface area contributed by atoms with Crippen LogP contribution in [0.25, 0.3) is 0 Å². The minimum Gasteiger partial charge on any atom is -0.356 e. The van der Waals surface area contributed by atoms with Crippen molar-refractivity contribution in [1.82, 2.24) is 10.6 Å². The van der Waals surface area contributed by atoms with Crippen molar-refractivity contribution < 1.29 is 4.79 Å². The van der Waals surface area contributed by atoms with Crippen molar-refractivity contribution in [2.75, 3.05) is 13.1 Å². The molecule has 14 heavy (non-hydrogen) atoms. The lowest BCUT2D eigenvalue weighted by molar-refractivity contribution is -0.125. The average Bonchev–Trinajstić information content (AvgIpc) is 2.87. The van der Waals surface area contributed by atoms with Crippen molar-refractivity contribution in [3.05, 3.63) is 0 Å². The van der Waals surface area contributed by atoms with Gasteiger partial charge in [0.25, 0.3) is 0 Å². The summed E-state index contributed by atoms with van der Waals surface area (Å²) in [6.45, 7) is 3.97. The first-order valence-corrected chi connectivity index (χ1v) is 5.78. The molecule has 2 atom stereocenters. The predicted octanol–water partition coefficient (Wildman–Crippen LogP) is 0.901. The number of hydrogen-bond acceptors (Lipinski definition) is 2. The molecular weight excluding hydrogens is 176 g/mol. The van der Waals surface area contributed by atoms with E-state index in [9.17, 15) is 4.79 Å². The zero-order valence-corrected chi connectivity index (χ0v) is 8.88. The van der Waals surface area contributed by atoms with Crippen molar-refractivity contribution in [2.45, 2.75) is 38.6 Å². The van der Waals surface area contributed by atoms with Crippen LogP contribution in [-0.2, 0) is 4.79 Å². The Bertz CT molecular complexity index is 213. The van der Waals surface area contributed by atoms with Gasteiger partial charge >= 0.3 is 0 Å². The van der Waals surface area contributed by atoms with E-state index in [4.69, 9.17) is 0 Å². The summed E-state index contributed by atoms with van der Waals surface area (Å²) in [6, 6.07) is 0.357. The van der Waals surface area contributed by atoms with Crippen molar-refractivity contribution >= 4 is 5.91 Å². The van der Waals surface area contributed by atoms with E-state index >= 15 is 0 Å². The first-order chi connectivity index (χ1) is 6.77. The summed E-state index contributed by atoms with van der Waals surface area (Å²) in [5.41, 5.74) is 0. The molecular formula is C11H20N2O. The number of nitrogens with one attached hydrogen (secondary N) is 2. The van der Waals surface area contributed by atoms with Crippen LogP contribution in [0.1, 0.15) is 32.6 Å². The normalized spacial score (nSPS) is 31.8. The summed E-state index contributed by atoms with van der Waals surface area (Å²) >= 11 is 0. The third-order valence-electron chi connectivity index (χ3n) is 3.41. The van der Waals surface area contributed by atoms with Gasteiger partial charge in [0.05, 0.1) is 5.92 Å². The number of hydrogen-bond donors (Lipinski definition) is 2. The fourth-order valence-electron chi connectivity index (χ4n) is 2.15. The van der Waals surface area contributed by atoms with Crippen LogP contribution in [0.15, 0.2) is 0 Å². The molecule has 0 aromatic carbocycles. The van der Waals surface area contributed by atoms with Gasteiger partial charge in [-0.15, -0.1) is 0 Å². The molecule has 0 aromatic rings. The highest BCUT2D eigenvalue weighted by molar-refractivity contribution is 5.79. The van der Waals surface area contributed by atoms with Gasteiger partial charge in [0, 0.05) is 12.6 Å².